The van der Waals surface area contributed by atoms with Crippen LogP contribution in [0.25, 0.3) is 0 Å². The fourth-order valence-corrected chi connectivity index (χ4v) is 4.34. The Morgan fingerprint density at radius 2 is 1.96 bits per heavy atom. The molecule has 2 heterocycles. The first-order chi connectivity index (χ1) is 11.6. The van der Waals surface area contributed by atoms with Crippen molar-refractivity contribution in [2.45, 2.75) is 30.7 Å². The number of carbonyl (C=O) groups excluding carboxylic acids is 1. The minimum atomic E-state index is -3.46. The van der Waals surface area contributed by atoms with E-state index in [2.05, 4.69) is 5.32 Å². The average molecular weight is 348 g/mol. The lowest BCUT2D eigenvalue weighted by molar-refractivity contribution is 0.0950. The fourth-order valence-electron chi connectivity index (χ4n) is 2.75. The Morgan fingerprint density at radius 1 is 1.17 bits per heavy atom. The zero-order valence-corrected chi connectivity index (χ0v) is 14.1. The molecule has 128 valence electrons. The Balaban J connectivity index is 1.70. The SMILES string of the molecule is O=C(NCc1cccc(S(=O)(=O)N2CCCCC2)c1)c1ccoc1. The van der Waals surface area contributed by atoms with Gasteiger partial charge in [0.1, 0.15) is 6.26 Å². The summed E-state index contributed by atoms with van der Waals surface area (Å²) in [5, 5.41) is 2.75. The molecule has 0 saturated carbocycles. The van der Waals surface area contributed by atoms with Crippen molar-refractivity contribution < 1.29 is 17.6 Å². The molecule has 0 bridgehead atoms. The van der Waals surface area contributed by atoms with Crippen molar-refractivity contribution >= 4 is 15.9 Å². The lowest BCUT2D eigenvalue weighted by atomic mass is 10.2. The molecule has 0 aliphatic carbocycles. The summed E-state index contributed by atoms with van der Waals surface area (Å²) < 4.78 is 31.8. The molecule has 1 aromatic heterocycles. The molecule has 24 heavy (non-hydrogen) atoms. The van der Waals surface area contributed by atoms with Gasteiger partial charge >= 0.3 is 0 Å². The van der Waals surface area contributed by atoms with Crippen molar-refractivity contribution in [3.8, 4) is 0 Å². The summed E-state index contributed by atoms with van der Waals surface area (Å²) in [6.07, 6.45) is 5.68. The number of sulfonamides is 1. The summed E-state index contributed by atoms with van der Waals surface area (Å²) in [6.45, 7) is 1.40. The monoisotopic (exact) mass is 348 g/mol. The van der Waals surface area contributed by atoms with E-state index in [0.29, 0.717) is 18.7 Å². The average Bonchev–Trinajstić information content (AvgIpc) is 3.15. The minimum Gasteiger partial charge on any atom is -0.472 e. The van der Waals surface area contributed by atoms with Crippen LogP contribution in [0.4, 0.5) is 0 Å². The zero-order valence-electron chi connectivity index (χ0n) is 13.3. The first kappa shape index (κ1) is 16.7. The molecular weight excluding hydrogens is 328 g/mol. The lowest BCUT2D eigenvalue weighted by Crippen LogP contribution is -2.35. The maximum atomic E-state index is 12.7. The molecule has 1 amide bonds. The van der Waals surface area contributed by atoms with Crippen molar-refractivity contribution in [2.75, 3.05) is 13.1 Å². The number of nitrogens with zero attached hydrogens (tertiary/aromatic N) is 1. The Morgan fingerprint density at radius 3 is 2.67 bits per heavy atom. The van der Waals surface area contributed by atoms with Crippen molar-refractivity contribution in [3.63, 3.8) is 0 Å². The van der Waals surface area contributed by atoms with Gasteiger partial charge < -0.3 is 9.73 Å². The number of benzene rings is 1. The van der Waals surface area contributed by atoms with Gasteiger partial charge in [0.15, 0.2) is 0 Å². The van der Waals surface area contributed by atoms with E-state index in [-0.39, 0.29) is 17.3 Å². The molecule has 0 radical (unpaired) electrons. The van der Waals surface area contributed by atoms with Gasteiger partial charge in [0.25, 0.3) is 5.91 Å². The number of nitrogens with one attached hydrogen (secondary N) is 1. The van der Waals surface area contributed by atoms with Crippen molar-refractivity contribution in [2.24, 2.45) is 0 Å². The van der Waals surface area contributed by atoms with Gasteiger partial charge in [0, 0.05) is 19.6 Å². The van der Waals surface area contributed by atoms with Gasteiger partial charge in [-0.25, -0.2) is 8.42 Å². The fraction of sp³-hybridized carbons (Fsp3) is 0.353. The largest absolute Gasteiger partial charge is 0.472 e. The third-order valence-corrected chi connectivity index (χ3v) is 5.98. The van der Waals surface area contributed by atoms with Gasteiger partial charge in [-0.2, -0.15) is 4.31 Å². The number of carbonyl (C=O) groups is 1. The molecule has 1 aliphatic rings. The highest BCUT2D eigenvalue weighted by Crippen LogP contribution is 2.21. The summed E-state index contributed by atoms with van der Waals surface area (Å²) >= 11 is 0. The normalized spacial score (nSPS) is 16.0. The number of hydrogen-bond donors (Lipinski definition) is 1. The molecule has 1 aliphatic heterocycles. The molecule has 7 heteroatoms. The van der Waals surface area contributed by atoms with Crippen LogP contribution < -0.4 is 5.32 Å². The summed E-state index contributed by atoms with van der Waals surface area (Å²) in [5.41, 5.74) is 1.18. The predicted octanol–water partition coefficient (Wildman–Crippen LogP) is 2.38. The molecule has 1 N–H and O–H groups in total. The summed E-state index contributed by atoms with van der Waals surface area (Å²) in [7, 11) is -3.46. The van der Waals surface area contributed by atoms with Crippen LogP contribution in [0.15, 0.2) is 52.2 Å². The van der Waals surface area contributed by atoms with Gasteiger partial charge in [-0.05, 0) is 36.6 Å². The van der Waals surface area contributed by atoms with E-state index in [1.807, 2.05) is 0 Å². The second-order valence-electron chi connectivity index (χ2n) is 5.81. The highest BCUT2D eigenvalue weighted by molar-refractivity contribution is 7.89. The molecule has 1 fully saturated rings. The van der Waals surface area contributed by atoms with E-state index in [4.69, 9.17) is 4.42 Å². The number of amides is 1. The standard InChI is InChI=1S/C17H20N2O4S/c20-17(15-7-10-23-13-15)18-12-14-5-4-6-16(11-14)24(21,22)19-8-2-1-3-9-19/h4-7,10-11,13H,1-3,8-9,12H2,(H,18,20). The third-order valence-electron chi connectivity index (χ3n) is 4.09. The Hall–Kier alpha value is -2.12. The van der Waals surface area contributed by atoms with Gasteiger partial charge in [-0.3, -0.25) is 4.79 Å². The van der Waals surface area contributed by atoms with Crippen molar-refractivity contribution in [1.29, 1.82) is 0 Å². The molecule has 1 aromatic carbocycles. The number of rotatable bonds is 5. The summed E-state index contributed by atoms with van der Waals surface area (Å²) in [5.74, 6) is -0.256. The molecule has 3 rings (SSSR count). The first-order valence-electron chi connectivity index (χ1n) is 7.97. The molecule has 6 nitrogen and oxygen atoms in total. The molecule has 2 aromatic rings. The highest BCUT2D eigenvalue weighted by atomic mass is 32.2. The maximum absolute atomic E-state index is 12.7. The summed E-state index contributed by atoms with van der Waals surface area (Å²) in [6, 6.07) is 8.30. The van der Waals surface area contributed by atoms with Crippen LogP contribution in [-0.4, -0.2) is 31.7 Å². The van der Waals surface area contributed by atoms with Gasteiger partial charge in [-0.1, -0.05) is 18.6 Å². The predicted molar refractivity (Wildman–Crippen MR) is 88.9 cm³/mol. The minimum absolute atomic E-state index is 0.256. The summed E-state index contributed by atoms with van der Waals surface area (Å²) in [4.78, 5) is 12.2. The maximum Gasteiger partial charge on any atom is 0.254 e. The van der Waals surface area contributed by atoms with Crippen LogP contribution in [0, 0.1) is 0 Å². The molecular formula is C17H20N2O4S. The molecule has 0 spiro atoms. The molecule has 1 saturated heterocycles. The van der Waals surface area contributed by atoms with E-state index in [1.54, 1.807) is 34.6 Å². The van der Waals surface area contributed by atoms with Crippen molar-refractivity contribution in [1.82, 2.24) is 9.62 Å². The van der Waals surface area contributed by atoms with Gasteiger partial charge in [0.2, 0.25) is 10.0 Å². The van der Waals surface area contributed by atoms with E-state index < -0.39 is 10.0 Å². The molecule has 0 unspecified atom stereocenters. The number of furan rings is 1. The number of hydrogen-bond acceptors (Lipinski definition) is 4. The van der Waals surface area contributed by atoms with Crippen LogP contribution >= 0.6 is 0 Å². The third kappa shape index (κ3) is 3.68. The van der Waals surface area contributed by atoms with E-state index >= 15 is 0 Å². The first-order valence-corrected chi connectivity index (χ1v) is 9.41. The van der Waals surface area contributed by atoms with Crippen molar-refractivity contribution in [3.05, 3.63) is 54.0 Å². The van der Waals surface area contributed by atoms with E-state index in [1.165, 1.54) is 12.5 Å². The van der Waals surface area contributed by atoms with Gasteiger partial charge in [-0.15, -0.1) is 0 Å². The van der Waals surface area contributed by atoms with Gasteiger partial charge in [0.05, 0.1) is 16.7 Å². The van der Waals surface area contributed by atoms with E-state index in [9.17, 15) is 13.2 Å². The highest BCUT2D eigenvalue weighted by Gasteiger charge is 2.25. The van der Waals surface area contributed by atoms with Crippen LogP contribution in [0.3, 0.4) is 0 Å². The topological polar surface area (TPSA) is 79.6 Å². The Labute approximate surface area is 141 Å². The lowest BCUT2D eigenvalue weighted by Gasteiger charge is -2.26. The van der Waals surface area contributed by atoms with Crippen LogP contribution in [0.1, 0.15) is 35.2 Å². The smallest absolute Gasteiger partial charge is 0.254 e. The Kier molecular flexibility index (Phi) is 5.01. The second-order valence-corrected chi connectivity index (χ2v) is 7.74. The van der Waals surface area contributed by atoms with Crippen LogP contribution in [0.2, 0.25) is 0 Å². The molecule has 0 atom stereocenters. The quantitative estimate of drug-likeness (QED) is 0.900. The Bertz CT molecular complexity index is 794. The van der Waals surface area contributed by atoms with E-state index in [0.717, 1.165) is 24.8 Å². The zero-order chi connectivity index (χ0) is 17.0. The van der Waals surface area contributed by atoms with Crippen LogP contribution in [0.5, 0.6) is 0 Å². The number of piperidine rings is 1. The second kappa shape index (κ2) is 7.19. The van der Waals surface area contributed by atoms with Crippen LogP contribution in [-0.2, 0) is 16.6 Å².